The third-order valence-electron chi connectivity index (χ3n) is 4.65. The molecule has 2 aliphatic rings. The highest BCUT2D eigenvalue weighted by atomic mass is 79.9. The van der Waals surface area contributed by atoms with Crippen LogP contribution in [0.3, 0.4) is 0 Å². The van der Waals surface area contributed by atoms with E-state index >= 15 is 0 Å². The number of carbonyl (C=O) groups excluding carboxylic acids is 2. The average molecular weight is 351 g/mol. The van der Waals surface area contributed by atoms with Gasteiger partial charge in [0.25, 0.3) is 0 Å². The summed E-state index contributed by atoms with van der Waals surface area (Å²) >= 11 is 3.38. The first-order chi connectivity index (χ1) is 10.1. The zero-order chi connectivity index (χ0) is 14.8. The van der Waals surface area contributed by atoms with Crippen molar-refractivity contribution in [1.29, 1.82) is 0 Å². The molecule has 2 saturated carbocycles. The lowest BCUT2D eigenvalue weighted by Gasteiger charge is -2.20. The molecule has 2 fully saturated rings. The van der Waals surface area contributed by atoms with E-state index in [-0.39, 0.29) is 24.3 Å². The molecule has 0 aromatic heterocycles. The lowest BCUT2D eigenvalue weighted by atomic mass is 9.88. The molecule has 1 aromatic rings. The third kappa shape index (κ3) is 3.28. The van der Waals surface area contributed by atoms with Gasteiger partial charge in [0.05, 0.1) is 12.2 Å². The SMILES string of the molecule is O=C(CNC(=O)C1CC2CCC1C2)Nc1ccccc1Br. The second kappa shape index (κ2) is 6.18. The molecule has 0 saturated heterocycles. The van der Waals surface area contributed by atoms with Gasteiger partial charge in [-0.05, 0) is 59.2 Å². The zero-order valence-corrected chi connectivity index (χ0v) is 13.4. The van der Waals surface area contributed by atoms with E-state index < -0.39 is 0 Å². The largest absolute Gasteiger partial charge is 0.347 e. The van der Waals surface area contributed by atoms with Crippen molar-refractivity contribution < 1.29 is 9.59 Å². The topological polar surface area (TPSA) is 58.2 Å². The van der Waals surface area contributed by atoms with Crippen LogP contribution in [0.5, 0.6) is 0 Å². The number of para-hydroxylation sites is 1. The van der Waals surface area contributed by atoms with Crippen molar-refractivity contribution in [3.05, 3.63) is 28.7 Å². The minimum atomic E-state index is -0.196. The molecule has 2 amide bonds. The number of fused-ring (bicyclic) bond motifs is 2. The number of amides is 2. The van der Waals surface area contributed by atoms with Crippen LogP contribution >= 0.6 is 15.9 Å². The molecular formula is C16H19BrN2O2. The van der Waals surface area contributed by atoms with Crippen molar-refractivity contribution in [2.24, 2.45) is 17.8 Å². The molecule has 21 heavy (non-hydrogen) atoms. The van der Waals surface area contributed by atoms with E-state index in [0.717, 1.165) is 22.5 Å². The Morgan fingerprint density at radius 1 is 1.19 bits per heavy atom. The summed E-state index contributed by atoms with van der Waals surface area (Å²) in [7, 11) is 0. The van der Waals surface area contributed by atoms with E-state index in [4.69, 9.17) is 0 Å². The van der Waals surface area contributed by atoms with Gasteiger partial charge in [-0.1, -0.05) is 18.6 Å². The van der Waals surface area contributed by atoms with Gasteiger partial charge in [0, 0.05) is 10.4 Å². The molecule has 5 heteroatoms. The van der Waals surface area contributed by atoms with Crippen molar-refractivity contribution in [3.8, 4) is 0 Å². The number of rotatable bonds is 4. The average Bonchev–Trinajstić information content (AvgIpc) is 3.10. The first kappa shape index (κ1) is 14.6. The lowest BCUT2D eigenvalue weighted by Crippen LogP contribution is -2.38. The van der Waals surface area contributed by atoms with Gasteiger partial charge in [0.15, 0.2) is 0 Å². The summed E-state index contributed by atoms with van der Waals surface area (Å²) in [6, 6.07) is 7.42. The van der Waals surface area contributed by atoms with Crippen LogP contribution in [0.2, 0.25) is 0 Å². The van der Waals surface area contributed by atoms with Crippen LogP contribution in [-0.4, -0.2) is 18.4 Å². The number of nitrogens with one attached hydrogen (secondary N) is 2. The Morgan fingerprint density at radius 3 is 2.67 bits per heavy atom. The molecular weight excluding hydrogens is 332 g/mol. The van der Waals surface area contributed by atoms with E-state index in [2.05, 4.69) is 26.6 Å². The summed E-state index contributed by atoms with van der Waals surface area (Å²) in [5.74, 6) is 1.25. The summed E-state index contributed by atoms with van der Waals surface area (Å²) in [5, 5.41) is 5.57. The molecule has 3 unspecified atom stereocenters. The molecule has 0 spiro atoms. The minimum absolute atomic E-state index is 0.0358. The van der Waals surface area contributed by atoms with Crippen LogP contribution in [0.15, 0.2) is 28.7 Å². The summed E-state index contributed by atoms with van der Waals surface area (Å²) < 4.78 is 0.831. The highest BCUT2D eigenvalue weighted by Gasteiger charge is 2.42. The van der Waals surface area contributed by atoms with Gasteiger partial charge in [-0.25, -0.2) is 0 Å². The highest BCUT2D eigenvalue weighted by molar-refractivity contribution is 9.10. The number of anilines is 1. The van der Waals surface area contributed by atoms with E-state index in [1.54, 1.807) is 0 Å². The maximum Gasteiger partial charge on any atom is 0.243 e. The smallest absolute Gasteiger partial charge is 0.243 e. The summed E-state index contributed by atoms with van der Waals surface area (Å²) in [5.41, 5.74) is 0.719. The number of carbonyl (C=O) groups is 2. The molecule has 0 aliphatic heterocycles. The van der Waals surface area contributed by atoms with Crippen LogP contribution in [0.1, 0.15) is 25.7 Å². The van der Waals surface area contributed by atoms with Crippen molar-refractivity contribution in [2.45, 2.75) is 25.7 Å². The lowest BCUT2D eigenvalue weighted by molar-refractivity contribution is -0.128. The van der Waals surface area contributed by atoms with Gasteiger partial charge >= 0.3 is 0 Å². The molecule has 2 N–H and O–H groups in total. The van der Waals surface area contributed by atoms with E-state index in [1.165, 1.54) is 19.3 Å². The van der Waals surface area contributed by atoms with Crippen LogP contribution in [0.4, 0.5) is 5.69 Å². The van der Waals surface area contributed by atoms with Gasteiger partial charge in [-0.2, -0.15) is 0 Å². The second-order valence-corrected chi connectivity index (χ2v) is 6.88. The van der Waals surface area contributed by atoms with E-state index in [0.29, 0.717) is 5.92 Å². The first-order valence-corrected chi connectivity index (χ1v) is 8.25. The predicted octanol–water partition coefficient (Wildman–Crippen LogP) is 2.94. The Morgan fingerprint density at radius 2 is 2.00 bits per heavy atom. The number of hydrogen-bond acceptors (Lipinski definition) is 2. The maximum atomic E-state index is 12.2. The molecule has 3 rings (SSSR count). The summed E-state index contributed by atoms with van der Waals surface area (Å²) in [4.78, 5) is 24.1. The third-order valence-corrected chi connectivity index (χ3v) is 5.34. The van der Waals surface area contributed by atoms with Crippen LogP contribution < -0.4 is 10.6 Å². The normalized spacial score (nSPS) is 26.6. The van der Waals surface area contributed by atoms with Gasteiger partial charge in [0.2, 0.25) is 11.8 Å². The standard InChI is InChI=1S/C16H19BrN2O2/c17-13-3-1-2-4-14(13)19-15(20)9-18-16(21)12-8-10-5-6-11(12)7-10/h1-4,10-12H,5-9H2,(H,18,21)(H,19,20). The Labute approximate surface area is 132 Å². The Bertz CT molecular complexity index is 561. The van der Waals surface area contributed by atoms with Crippen molar-refractivity contribution >= 4 is 33.4 Å². The van der Waals surface area contributed by atoms with Crippen LogP contribution in [0.25, 0.3) is 0 Å². The van der Waals surface area contributed by atoms with Gasteiger partial charge < -0.3 is 10.6 Å². The Hall–Kier alpha value is -1.36. The molecule has 3 atom stereocenters. The monoisotopic (exact) mass is 350 g/mol. The Kier molecular flexibility index (Phi) is 4.29. The Balaban J connectivity index is 1.48. The number of hydrogen-bond donors (Lipinski definition) is 2. The molecule has 0 radical (unpaired) electrons. The molecule has 2 bridgehead atoms. The zero-order valence-electron chi connectivity index (χ0n) is 11.8. The summed E-state index contributed by atoms with van der Waals surface area (Å²) in [6.45, 7) is 0.0358. The minimum Gasteiger partial charge on any atom is -0.347 e. The van der Waals surface area contributed by atoms with Gasteiger partial charge in [0.1, 0.15) is 0 Å². The van der Waals surface area contributed by atoms with Crippen molar-refractivity contribution in [1.82, 2.24) is 5.32 Å². The highest BCUT2D eigenvalue weighted by Crippen LogP contribution is 2.48. The predicted molar refractivity (Wildman–Crippen MR) is 84.7 cm³/mol. The van der Waals surface area contributed by atoms with Crippen molar-refractivity contribution in [2.75, 3.05) is 11.9 Å². The molecule has 112 valence electrons. The molecule has 2 aliphatic carbocycles. The maximum absolute atomic E-state index is 12.2. The molecule has 0 heterocycles. The van der Waals surface area contributed by atoms with E-state index in [9.17, 15) is 9.59 Å². The molecule has 4 nitrogen and oxygen atoms in total. The van der Waals surface area contributed by atoms with Crippen LogP contribution in [0, 0.1) is 17.8 Å². The molecule has 1 aromatic carbocycles. The first-order valence-electron chi connectivity index (χ1n) is 7.45. The fourth-order valence-corrected chi connectivity index (χ4v) is 4.01. The quantitative estimate of drug-likeness (QED) is 0.876. The number of halogens is 1. The fourth-order valence-electron chi connectivity index (χ4n) is 3.62. The second-order valence-electron chi connectivity index (χ2n) is 6.03. The van der Waals surface area contributed by atoms with E-state index in [1.807, 2.05) is 24.3 Å². The van der Waals surface area contributed by atoms with Crippen LogP contribution in [-0.2, 0) is 9.59 Å². The number of benzene rings is 1. The van der Waals surface area contributed by atoms with Gasteiger partial charge in [-0.3, -0.25) is 9.59 Å². The van der Waals surface area contributed by atoms with Gasteiger partial charge in [-0.15, -0.1) is 0 Å². The fraction of sp³-hybridized carbons (Fsp3) is 0.500. The van der Waals surface area contributed by atoms with Crippen molar-refractivity contribution in [3.63, 3.8) is 0 Å². The summed E-state index contributed by atoms with van der Waals surface area (Å²) in [6.07, 6.45) is 4.65.